The van der Waals surface area contributed by atoms with Crippen LogP contribution in [0.2, 0.25) is 5.02 Å². The molecule has 0 atom stereocenters. The first-order valence-corrected chi connectivity index (χ1v) is 8.71. The predicted octanol–water partition coefficient (Wildman–Crippen LogP) is 4.67. The number of carbonyl (C=O) groups is 1. The van der Waals surface area contributed by atoms with Crippen LogP contribution in [0.3, 0.4) is 0 Å². The summed E-state index contributed by atoms with van der Waals surface area (Å²) < 4.78 is 5.63. The molecular weight excluding hydrogens is 348 g/mol. The van der Waals surface area contributed by atoms with Gasteiger partial charge in [-0.2, -0.15) is 0 Å². The molecule has 130 valence electrons. The van der Waals surface area contributed by atoms with E-state index in [0.717, 1.165) is 22.0 Å². The molecule has 5 heteroatoms. The number of para-hydroxylation sites is 1. The highest BCUT2D eigenvalue weighted by atomic mass is 35.5. The normalized spacial score (nSPS) is 11.0. The lowest BCUT2D eigenvalue weighted by molar-refractivity contribution is -0.123. The lowest BCUT2D eigenvalue weighted by Crippen LogP contribution is -2.28. The van der Waals surface area contributed by atoms with Crippen molar-refractivity contribution in [1.82, 2.24) is 10.3 Å². The summed E-state index contributed by atoms with van der Waals surface area (Å²) in [6.07, 6.45) is 0. The van der Waals surface area contributed by atoms with E-state index < -0.39 is 0 Å². The van der Waals surface area contributed by atoms with Crippen LogP contribution in [0.5, 0.6) is 5.75 Å². The Hall–Kier alpha value is -2.98. The molecule has 0 aliphatic rings. The molecule has 3 aromatic carbocycles. The van der Waals surface area contributed by atoms with Gasteiger partial charge < -0.3 is 15.0 Å². The van der Waals surface area contributed by atoms with Crippen LogP contribution >= 0.6 is 11.6 Å². The average Bonchev–Trinajstić information content (AvgIpc) is 3.02. The van der Waals surface area contributed by atoms with Crippen LogP contribution in [0, 0.1) is 0 Å². The minimum absolute atomic E-state index is 0.0354. The summed E-state index contributed by atoms with van der Waals surface area (Å²) in [5.74, 6) is 0.476. The number of hydrogen-bond donors (Lipinski definition) is 2. The summed E-state index contributed by atoms with van der Waals surface area (Å²) in [4.78, 5) is 15.4. The standard InChI is InChI=1S/C21H17ClN2O2/c22-15-5-3-4-14(10-15)12-23-21(25)13-26-16-8-9-18-17-6-1-2-7-19(17)24-20(18)11-16/h1-11,24H,12-13H2,(H,23,25). The van der Waals surface area contributed by atoms with E-state index in [1.807, 2.05) is 54.6 Å². The Balaban J connectivity index is 1.39. The van der Waals surface area contributed by atoms with Crippen molar-refractivity contribution in [1.29, 1.82) is 0 Å². The maximum atomic E-state index is 12.0. The molecule has 0 aliphatic heterocycles. The summed E-state index contributed by atoms with van der Waals surface area (Å²) in [7, 11) is 0. The molecule has 4 nitrogen and oxygen atoms in total. The number of ether oxygens (including phenoxy) is 1. The summed E-state index contributed by atoms with van der Waals surface area (Å²) in [6.45, 7) is 0.385. The van der Waals surface area contributed by atoms with Crippen molar-refractivity contribution in [2.24, 2.45) is 0 Å². The number of nitrogens with one attached hydrogen (secondary N) is 2. The minimum atomic E-state index is -0.179. The van der Waals surface area contributed by atoms with Gasteiger partial charge in [-0.1, -0.05) is 41.9 Å². The minimum Gasteiger partial charge on any atom is -0.484 e. The zero-order valence-corrected chi connectivity index (χ0v) is 14.7. The lowest BCUT2D eigenvalue weighted by Gasteiger charge is -2.08. The van der Waals surface area contributed by atoms with Crippen molar-refractivity contribution in [2.75, 3.05) is 6.61 Å². The lowest BCUT2D eigenvalue weighted by atomic mass is 10.1. The van der Waals surface area contributed by atoms with Crippen molar-refractivity contribution < 1.29 is 9.53 Å². The van der Waals surface area contributed by atoms with Gasteiger partial charge in [-0.15, -0.1) is 0 Å². The maximum absolute atomic E-state index is 12.0. The molecule has 0 radical (unpaired) electrons. The van der Waals surface area contributed by atoms with E-state index in [1.165, 1.54) is 5.39 Å². The average molecular weight is 365 g/mol. The van der Waals surface area contributed by atoms with Gasteiger partial charge in [-0.3, -0.25) is 4.79 Å². The predicted molar refractivity (Wildman–Crippen MR) is 105 cm³/mol. The Bertz CT molecular complexity index is 1090. The molecule has 0 spiro atoms. The van der Waals surface area contributed by atoms with E-state index in [-0.39, 0.29) is 12.5 Å². The SMILES string of the molecule is O=C(COc1ccc2c(c1)[nH]c1ccccc12)NCc1cccc(Cl)c1. The third-order valence-corrected chi connectivity index (χ3v) is 4.46. The molecule has 4 aromatic rings. The van der Waals surface area contributed by atoms with Crippen molar-refractivity contribution >= 4 is 39.3 Å². The largest absolute Gasteiger partial charge is 0.484 e. The smallest absolute Gasteiger partial charge is 0.258 e. The summed E-state index contributed by atoms with van der Waals surface area (Å²) in [5.41, 5.74) is 3.02. The molecule has 4 rings (SSSR count). The van der Waals surface area contributed by atoms with Crippen molar-refractivity contribution in [2.45, 2.75) is 6.54 Å². The van der Waals surface area contributed by atoms with Gasteiger partial charge in [0.1, 0.15) is 5.75 Å². The fourth-order valence-electron chi connectivity index (χ4n) is 2.97. The van der Waals surface area contributed by atoms with E-state index in [2.05, 4.69) is 16.4 Å². The second-order valence-electron chi connectivity index (χ2n) is 6.07. The number of benzene rings is 3. The highest BCUT2D eigenvalue weighted by Crippen LogP contribution is 2.28. The molecule has 26 heavy (non-hydrogen) atoms. The van der Waals surface area contributed by atoms with Crippen LogP contribution in [0.1, 0.15) is 5.56 Å². The van der Waals surface area contributed by atoms with Crippen molar-refractivity contribution in [3.63, 3.8) is 0 Å². The molecular formula is C21H17ClN2O2. The number of fused-ring (bicyclic) bond motifs is 3. The topological polar surface area (TPSA) is 54.1 Å². The Morgan fingerprint density at radius 3 is 2.69 bits per heavy atom. The Morgan fingerprint density at radius 1 is 0.962 bits per heavy atom. The fourth-order valence-corrected chi connectivity index (χ4v) is 3.18. The molecule has 1 aromatic heterocycles. The molecule has 0 fully saturated rings. The Kier molecular flexibility index (Phi) is 4.50. The van der Waals surface area contributed by atoms with Crippen LogP contribution in [0.4, 0.5) is 0 Å². The van der Waals surface area contributed by atoms with E-state index in [9.17, 15) is 4.79 Å². The molecule has 1 heterocycles. The van der Waals surface area contributed by atoms with Gasteiger partial charge in [-0.25, -0.2) is 0 Å². The van der Waals surface area contributed by atoms with Gasteiger partial charge in [0.2, 0.25) is 0 Å². The third kappa shape index (κ3) is 3.51. The molecule has 0 saturated carbocycles. The van der Waals surface area contributed by atoms with Crippen LogP contribution in [0.15, 0.2) is 66.7 Å². The number of amides is 1. The maximum Gasteiger partial charge on any atom is 0.258 e. The van der Waals surface area contributed by atoms with Gasteiger partial charge in [-0.05, 0) is 35.9 Å². The van der Waals surface area contributed by atoms with Gasteiger partial charge in [0.15, 0.2) is 6.61 Å². The van der Waals surface area contributed by atoms with Crippen molar-refractivity contribution in [3.05, 3.63) is 77.3 Å². The second kappa shape index (κ2) is 7.10. The molecule has 0 unspecified atom stereocenters. The quantitative estimate of drug-likeness (QED) is 0.540. The van der Waals surface area contributed by atoms with Crippen molar-refractivity contribution in [3.8, 4) is 5.75 Å². The number of carbonyl (C=O) groups excluding carboxylic acids is 1. The summed E-state index contributed by atoms with van der Waals surface area (Å²) in [6, 6.07) is 21.3. The molecule has 1 amide bonds. The molecule has 0 bridgehead atoms. The van der Waals surface area contributed by atoms with Gasteiger partial charge in [0.05, 0.1) is 5.52 Å². The van der Waals surface area contributed by atoms with E-state index in [0.29, 0.717) is 17.3 Å². The van der Waals surface area contributed by atoms with Crippen LogP contribution in [-0.2, 0) is 11.3 Å². The first-order chi connectivity index (χ1) is 12.7. The first kappa shape index (κ1) is 16.5. The third-order valence-electron chi connectivity index (χ3n) is 4.23. The highest BCUT2D eigenvalue weighted by molar-refractivity contribution is 6.30. The number of rotatable bonds is 5. The molecule has 0 saturated heterocycles. The van der Waals surface area contributed by atoms with Gasteiger partial charge in [0, 0.05) is 33.9 Å². The van der Waals surface area contributed by atoms with E-state index >= 15 is 0 Å². The zero-order chi connectivity index (χ0) is 17.9. The highest BCUT2D eigenvalue weighted by Gasteiger charge is 2.07. The fraction of sp³-hybridized carbons (Fsp3) is 0.0952. The van der Waals surface area contributed by atoms with E-state index in [1.54, 1.807) is 6.07 Å². The van der Waals surface area contributed by atoms with Crippen LogP contribution in [-0.4, -0.2) is 17.5 Å². The summed E-state index contributed by atoms with van der Waals surface area (Å²) in [5, 5.41) is 5.79. The van der Waals surface area contributed by atoms with Gasteiger partial charge >= 0.3 is 0 Å². The van der Waals surface area contributed by atoms with Crippen LogP contribution in [0.25, 0.3) is 21.8 Å². The molecule has 2 N–H and O–H groups in total. The Morgan fingerprint density at radius 2 is 1.81 bits per heavy atom. The van der Waals surface area contributed by atoms with Crippen LogP contribution < -0.4 is 10.1 Å². The monoisotopic (exact) mass is 364 g/mol. The second-order valence-corrected chi connectivity index (χ2v) is 6.51. The number of hydrogen-bond acceptors (Lipinski definition) is 2. The number of H-pyrrole nitrogens is 1. The first-order valence-electron chi connectivity index (χ1n) is 8.33. The van der Waals surface area contributed by atoms with Gasteiger partial charge in [0.25, 0.3) is 5.91 Å². The Labute approximate surface area is 155 Å². The summed E-state index contributed by atoms with van der Waals surface area (Å²) >= 11 is 5.94. The number of aromatic nitrogens is 1. The number of aromatic amines is 1. The zero-order valence-electron chi connectivity index (χ0n) is 14.0. The molecule has 0 aliphatic carbocycles. The van der Waals surface area contributed by atoms with E-state index in [4.69, 9.17) is 16.3 Å². The number of halogens is 1.